The summed E-state index contributed by atoms with van der Waals surface area (Å²) in [6.07, 6.45) is -19.8. The molecule has 3 aliphatic heterocycles. The van der Waals surface area contributed by atoms with Crippen molar-refractivity contribution in [3.63, 3.8) is 0 Å². The summed E-state index contributed by atoms with van der Waals surface area (Å²) in [6, 6.07) is -4.18. The second-order valence-corrected chi connectivity index (χ2v) is 12.6. The smallest absolute Gasteiger partial charge is 0.394 e. The Morgan fingerprint density at radius 2 is 0.979 bits per heavy atom. The van der Waals surface area contributed by atoms with Gasteiger partial charge in [0.15, 0.2) is 18.9 Å². The quantitative estimate of drug-likeness (QED) is 0.0986. The van der Waals surface area contributed by atoms with Gasteiger partial charge in [0.1, 0.15) is 67.1 Å². The first-order chi connectivity index (χ1) is 21.8. The van der Waals surface area contributed by atoms with E-state index in [9.17, 15) is 35.7 Å². The average molecular weight is 713 g/mol. The minimum atomic E-state index is -4.67. The molecule has 1 aliphatic carbocycles. The van der Waals surface area contributed by atoms with Crippen LogP contribution in [0.15, 0.2) is 0 Å². The van der Waals surface area contributed by atoms with Crippen molar-refractivity contribution in [2.75, 3.05) is 19.7 Å². The zero-order valence-electron chi connectivity index (χ0n) is 25.0. The predicted molar refractivity (Wildman–Crippen MR) is 153 cm³/mol. The van der Waals surface area contributed by atoms with E-state index in [0.29, 0.717) is 0 Å². The fourth-order valence-corrected chi connectivity index (χ4v) is 5.74. The molecule has 0 aromatic rings. The lowest BCUT2D eigenvalue weighted by Gasteiger charge is -2.47. The molecule has 47 heavy (non-hydrogen) atoms. The molecule has 3 heterocycles. The number of nitrogens with two attached hydrogens (primary N) is 6. The van der Waals surface area contributed by atoms with Crippen molar-refractivity contribution in [3.8, 4) is 0 Å². The highest BCUT2D eigenvalue weighted by Crippen LogP contribution is 2.34. The minimum absolute atomic E-state index is 0.0889. The molecule has 4 aliphatic rings. The first kappa shape index (κ1) is 40.5. The normalized spacial score (nSPS) is 49.3. The van der Waals surface area contributed by atoms with E-state index in [1.807, 2.05) is 0 Å². The zero-order chi connectivity index (χ0) is 35.5. The highest BCUT2D eigenvalue weighted by Gasteiger charge is 2.54. The fraction of sp³-hybridized carbons (Fsp3) is 1.00. The standard InChI is InChI=1S/C23H46N6O13.H2O4S/c24-2-7-13(32)15(34)10(28)21(37-7)40-18-6(27)1-5(26)12(31)20(18)42-23-17(36)19(9(4-30)39-23)41-22-11(29)16(35)14(33)8(3-25)38-22;1-5(2,3)4/h5-23,30-36H,1-4,24-29H2;(H2,1,2,3,4)/t5-,6+,7-,8-,9-,10-,11-,12+,13-,14-,15-,16-,17-,18-,19-,20-,21-,22-,23+;/m1./s1. The molecular weight excluding hydrogens is 664 g/mol. The van der Waals surface area contributed by atoms with Crippen molar-refractivity contribution in [1.82, 2.24) is 0 Å². The number of ether oxygens (including phenoxy) is 6. The van der Waals surface area contributed by atoms with E-state index in [0.717, 1.165) is 0 Å². The van der Waals surface area contributed by atoms with E-state index < -0.39 is 133 Å². The second-order valence-electron chi connectivity index (χ2n) is 11.7. The van der Waals surface area contributed by atoms with Crippen LogP contribution >= 0.6 is 0 Å². The van der Waals surface area contributed by atoms with E-state index in [1.165, 1.54) is 0 Å². The van der Waals surface area contributed by atoms with Crippen molar-refractivity contribution in [1.29, 1.82) is 0 Å². The van der Waals surface area contributed by atoms with Crippen LogP contribution in [-0.4, -0.2) is 189 Å². The van der Waals surface area contributed by atoms with E-state index in [-0.39, 0.29) is 19.5 Å². The van der Waals surface area contributed by atoms with Crippen molar-refractivity contribution < 1.29 is 81.7 Å². The molecular formula is C23H48N6O17S. The summed E-state index contributed by atoms with van der Waals surface area (Å²) in [6.45, 7) is -0.967. The summed E-state index contributed by atoms with van der Waals surface area (Å²) >= 11 is 0. The van der Waals surface area contributed by atoms with Crippen LogP contribution in [0.4, 0.5) is 0 Å². The van der Waals surface area contributed by atoms with Gasteiger partial charge < -0.3 is 98.6 Å². The molecule has 1 saturated carbocycles. The lowest BCUT2D eigenvalue weighted by molar-refractivity contribution is -0.306. The molecule has 278 valence electrons. The Morgan fingerprint density at radius 1 is 0.574 bits per heavy atom. The van der Waals surface area contributed by atoms with E-state index in [2.05, 4.69) is 0 Å². The molecule has 21 N–H and O–H groups in total. The average Bonchev–Trinajstić information content (AvgIpc) is 3.30. The molecule has 0 bridgehead atoms. The van der Waals surface area contributed by atoms with Gasteiger partial charge in [-0.05, 0) is 6.42 Å². The minimum Gasteiger partial charge on any atom is -0.394 e. The maximum Gasteiger partial charge on any atom is 0.394 e. The monoisotopic (exact) mass is 712 g/mol. The lowest BCUT2D eigenvalue weighted by Crippen LogP contribution is -2.68. The van der Waals surface area contributed by atoms with Crippen LogP contribution < -0.4 is 34.4 Å². The summed E-state index contributed by atoms with van der Waals surface area (Å²) in [7, 11) is -4.67. The summed E-state index contributed by atoms with van der Waals surface area (Å²) in [4.78, 5) is 0. The molecule has 0 unspecified atom stereocenters. The molecule has 23 nitrogen and oxygen atoms in total. The number of hydrogen-bond donors (Lipinski definition) is 15. The van der Waals surface area contributed by atoms with Crippen LogP contribution in [0, 0.1) is 0 Å². The maximum absolute atomic E-state index is 11.1. The molecule has 4 rings (SSSR count). The summed E-state index contributed by atoms with van der Waals surface area (Å²) in [5.74, 6) is 0. The molecule has 4 fully saturated rings. The molecule has 0 amide bonds. The molecule has 0 radical (unpaired) electrons. The Kier molecular flexibility index (Phi) is 14.6. The molecule has 3 saturated heterocycles. The van der Waals surface area contributed by atoms with Gasteiger partial charge in [-0.3, -0.25) is 9.11 Å². The largest absolute Gasteiger partial charge is 0.394 e. The Morgan fingerprint density at radius 3 is 1.40 bits per heavy atom. The van der Waals surface area contributed by atoms with Crippen LogP contribution in [0.2, 0.25) is 0 Å². The van der Waals surface area contributed by atoms with Gasteiger partial charge in [-0.1, -0.05) is 0 Å². The second kappa shape index (κ2) is 16.9. The van der Waals surface area contributed by atoms with Crippen molar-refractivity contribution in [2.24, 2.45) is 34.4 Å². The predicted octanol–water partition coefficient (Wildman–Crippen LogP) is -9.55. The van der Waals surface area contributed by atoms with E-state index in [1.54, 1.807) is 0 Å². The number of aliphatic hydroxyl groups excluding tert-OH is 7. The third-order valence-corrected chi connectivity index (χ3v) is 8.37. The summed E-state index contributed by atoms with van der Waals surface area (Å²) in [5.41, 5.74) is 35.6. The van der Waals surface area contributed by atoms with Gasteiger partial charge in [0.05, 0.1) is 24.8 Å². The Balaban J connectivity index is 0.00000111. The molecule has 24 heteroatoms. The van der Waals surface area contributed by atoms with E-state index in [4.69, 9.17) is 80.3 Å². The Hall–Kier alpha value is -0.890. The van der Waals surface area contributed by atoms with Gasteiger partial charge >= 0.3 is 10.4 Å². The van der Waals surface area contributed by atoms with Crippen molar-refractivity contribution in [2.45, 2.75) is 123 Å². The van der Waals surface area contributed by atoms with Crippen molar-refractivity contribution >= 4 is 10.4 Å². The van der Waals surface area contributed by atoms with Crippen LogP contribution in [0.3, 0.4) is 0 Å². The molecule has 0 spiro atoms. The number of rotatable bonds is 9. The Bertz CT molecular complexity index is 1080. The highest BCUT2D eigenvalue weighted by atomic mass is 32.3. The van der Waals surface area contributed by atoms with Gasteiger partial charge in [0.2, 0.25) is 0 Å². The third kappa shape index (κ3) is 9.67. The summed E-state index contributed by atoms with van der Waals surface area (Å²) < 4.78 is 66.2. The summed E-state index contributed by atoms with van der Waals surface area (Å²) in [5, 5.41) is 73.0. The van der Waals surface area contributed by atoms with Crippen LogP contribution in [0.1, 0.15) is 6.42 Å². The van der Waals surface area contributed by atoms with Gasteiger partial charge in [-0.25, -0.2) is 0 Å². The maximum atomic E-state index is 11.1. The number of hydrogen-bond acceptors (Lipinski definition) is 21. The number of aliphatic hydroxyl groups is 7. The zero-order valence-corrected chi connectivity index (χ0v) is 25.8. The molecule has 0 aromatic carbocycles. The van der Waals surface area contributed by atoms with Crippen LogP contribution in [0.25, 0.3) is 0 Å². The van der Waals surface area contributed by atoms with Gasteiger partial charge in [0, 0.05) is 25.2 Å². The first-order valence-electron chi connectivity index (χ1n) is 14.6. The third-order valence-electron chi connectivity index (χ3n) is 8.37. The van der Waals surface area contributed by atoms with Gasteiger partial charge in [0.25, 0.3) is 0 Å². The molecule has 19 atom stereocenters. The topological polar surface area (TPSA) is 428 Å². The van der Waals surface area contributed by atoms with E-state index >= 15 is 0 Å². The van der Waals surface area contributed by atoms with Gasteiger partial charge in [-0.2, -0.15) is 8.42 Å². The van der Waals surface area contributed by atoms with Crippen molar-refractivity contribution in [3.05, 3.63) is 0 Å². The highest BCUT2D eigenvalue weighted by molar-refractivity contribution is 7.79. The van der Waals surface area contributed by atoms with Gasteiger partial charge in [-0.15, -0.1) is 0 Å². The van der Waals surface area contributed by atoms with Crippen LogP contribution in [-0.2, 0) is 38.8 Å². The Labute approximate surface area is 269 Å². The fourth-order valence-electron chi connectivity index (χ4n) is 5.74. The SMILES string of the molecule is NC[C@H]1O[C@H](O[C@H]2[C@H](O[C@@H]3O[C@H](CO)[C@@H](O[C@H]4O[C@H](CN)[C@@H](O)[C@H](O)[C@H]4N)[C@H]3O)[C@@H](O)[C@H](N)C[C@@H]2N)[C@H](N)[C@@H](O)[C@@H]1O.O=S(=O)(O)O. The first-order valence-corrected chi connectivity index (χ1v) is 16.0. The molecule has 0 aromatic heterocycles. The van der Waals surface area contributed by atoms with Crippen LogP contribution in [0.5, 0.6) is 0 Å². The lowest BCUT2D eigenvalue weighted by atomic mass is 9.84.